The Kier molecular flexibility index (Phi) is 4.48. The molecule has 0 heterocycles. The van der Waals surface area contributed by atoms with E-state index < -0.39 is 11.8 Å². The summed E-state index contributed by atoms with van der Waals surface area (Å²) in [7, 11) is 0. The van der Waals surface area contributed by atoms with Crippen LogP contribution in [0.15, 0.2) is 28.7 Å². The normalized spacial score (nSPS) is 9.00. The molecule has 0 fully saturated rings. The summed E-state index contributed by atoms with van der Waals surface area (Å²) in [6.45, 7) is 0. The van der Waals surface area contributed by atoms with E-state index in [0.717, 1.165) is 0 Å². The van der Waals surface area contributed by atoms with Gasteiger partial charge in [-0.05, 0) is 28.1 Å². The Morgan fingerprint density at radius 1 is 1.31 bits per heavy atom. The van der Waals surface area contributed by atoms with Crippen molar-refractivity contribution in [2.75, 3.05) is 0 Å². The molecule has 5 nitrogen and oxygen atoms in total. The number of carbonyl (C=O) groups is 2. The molecule has 0 aliphatic heterocycles. The second-order valence-electron chi connectivity index (χ2n) is 2.82. The fraction of sp³-hybridized carbons (Fsp3) is 0.100. The maximum absolute atomic E-state index is 11.5. The summed E-state index contributed by atoms with van der Waals surface area (Å²) < 4.78 is 0.627. The van der Waals surface area contributed by atoms with Crippen LogP contribution in [-0.4, -0.2) is 11.8 Å². The monoisotopic (exact) mass is 281 g/mol. The molecule has 0 spiro atoms. The predicted molar refractivity (Wildman–Crippen MR) is 60.0 cm³/mol. The topological polar surface area (TPSA) is 82.0 Å². The van der Waals surface area contributed by atoms with Gasteiger partial charge in [0.2, 0.25) is 0 Å². The van der Waals surface area contributed by atoms with E-state index in [1.807, 2.05) is 0 Å². The summed E-state index contributed by atoms with van der Waals surface area (Å²) in [4.78, 5) is 22.4. The zero-order valence-corrected chi connectivity index (χ0v) is 9.74. The first-order valence-corrected chi connectivity index (χ1v) is 5.15. The van der Waals surface area contributed by atoms with E-state index in [4.69, 9.17) is 5.26 Å². The molecule has 0 radical (unpaired) electrons. The molecule has 0 bridgehead atoms. The van der Waals surface area contributed by atoms with Gasteiger partial charge in [0.25, 0.3) is 11.8 Å². The lowest BCUT2D eigenvalue weighted by Gasteiger charge is -2.06. The fourth-order valence-corrected chi connectivity index (χ4v) is 1.42. The predicted octanol–water partition coefficient (Wildman–Crippen LogP) is 1.12. The molecule has 0 aliphatic rings. The number of carbonyl (C=O) groups excluding carboxylic acids is 2. The molecule has 0 unspecified atom stereocenters. The molecule has 2 amide bonds. The minimum Gasteiger partial charge on any atom is -0.272 e. The van der Waals surface area contributed by atoms with Crippen LogP contribution in [0.25, 0.3) is 0 Å². The molecule has 82 valence electrons. The average molecular weight is 282 g/mol. The van der Waals surface area contributed by atoms with Crippen LogP contribution in [0, 0.1) is 11.3 Å². The van der Waals surface area contributed by atoms with Gasteiger partial charge in [-0.3, -0.25) is 20.4 Å². The highest BCUT2D eigenvalue weighted by molar-refractivity contribution is 9.10. The molecular weight excluding hydrogens is 274 g/mol. The Labute approximate surface area is 101 Å². The zero-order chi connectivity index (χ0) is 12.0. The Hall–Kier alpha value is -1.87. The van der Waals surface area contributed by atoms with Gasteiger partial charge in [0.05, 0.1) is 11.6 Å². The summed E-state index contributed by atoms with van der Waals surface area (Å²) in [6, 6.07) is 8.47. The fourth-order valence-electron chi connectivity index (χ4n) is 0.955. The van der Waals surface area contributed by atoms with Crippen molar-refractivity contribution in [3.8, 4) is 6.07 Å². The Bertz CT molecular complexity index is 454. The largest absolute Gasteiger partial charge is 0.272 e. The summed E-state index contributed by atoms with van der Waals surface area (Å²) >= 11 is 3.21. The van der Waals surface area contributed by atoms with Crippen molar-refractivity contribution in [1.29, 1.82) is 5.26 Å². The van der Waals surface area contributed by atoms with Crippen LogP contribution in [-0.2, 0) is 4.79 Å². The van der Waals surface area contributed by atoms with Crippen LogP contribution in [0.4, 0.5) is 0 Å². The molecule has 0 aliphatic carbocycles. The quantitative estimate of drug-likeness (QED) is 0.797. The van der Waals surface area contributed by atoms with Gasteiger partial charge in [-0.25, -0.2) is 0 Å². The Morgan fingerprint density at radius 3 is 2.62 bits per heavy atom. The van der Waals surface area contributed by atoms with E-state index in [2.05, 4.69) is 26.8 Å². The maximum Gasteiger partial charge on any atom is 0.270 e. The van der Waals surface area contributed by atoms with Crippen molar-refractivity contribution >= 4 is 27.7 Å². The van der Waals surface area contributed by atoms with E-state index in [-0.39, 0.29) is 6.42 Å². The highest BCUT2D eigenvalue weighted by atomic mass is 79.9. The first-order valence-electron chi connectivity index (χ1n) is 4.36. The van der Waals surface area contributed by atoms with Gasteiger partial charge in [0, 0.05) is 4.47 Å². The van der Waals surface area contributed by atoms with Crippen LogP contribution in [0.2, 0.25) is 0 Å². The number of rotatable bonds is 2. The van der Waals surface area contributed by atoms with Crippen LogP contribution < -0.4 is 10.9 Å². The van der Waals surface area contributed by atoms with E-state index in [0.29, 0.717) is 10.0 Å². The van der Waals surface area contributed by atoms with Gasteiger partial charge in [0.15, 0.2) is 0 Å². The second-order valence-corrected chi connectivity index (χ2v) is 3.67. The molecule has 2 N–H and O–H groups in total. The lowest BCUT2D eigenvalue weighted by molar-refractivity contribution is -0.120. The van der Waals surface area contributed by atoms with Gasteiger partial charge in [0.1, 0.15) is 6.42 Å². The van der Waals surface area contributed by atoms with Crippen LogP contribution in [0.1, 0.15) is 16.8 Å². The molecule has 1 aromatic rings. The molecule has 6 heteroatoms. The summed E-state index contributed by atoms with van der Waals surface area (Å²) in [5.41, 5.74) is 4.73. The van der Waals surface area contributed by atoms with Crippen molar-refractivity contribution in [2.24, 2.45) is 0 Å². The van der Waals surface area contributed by atoms with E-state index in [9.17, 15) is 9.59 Å². The number of hydrogen-bond donors (Lipinski definition) is 2. The first-order chi connectivity index (χ1) is 7.65. The maximum atomic E-state index is 11.5. The summed E-state index contributed by atoms with van der Waals surface area (Å²) in [5, 5.41) is 8.23. The number of hydrazine groups is 1. The third-order valence-corrected chi connectivity index (χ3v) is 2.37. The zero-order valence-electron chi connectivity index (χ0n) is 8.16. The van der Waals surface area contributed by atoms with Crippen molar-refractivity contribution in [3.05, 3.63) is 34.3 Å². The molecule has 0 atom stereocenters. The standard InChI is InChI=1S/C10H8BrN3O2/c11-8-4-2-1-3-7(8)10(16)14-13-9(15)5-6-12/h1-4H,5H2,(H,13,15)(H,14,16). The molecule has 1 aromatic carbocycles. The van der Waals surface area contributed by atoms with Crippen molar-refractivity contribution in [1.82, 2.24) is 10.9 Å². The highest BCUT2D eigenvalue weighted by Gasteiger charge is 2.09. The number of nitrogens with one attached hydrogen (secondary N) is 2. The minimum absolute atomic E-state index is 0.295. The van der Waals surface area contributed by atoms with E-state index >= 15 is 0 Å². The third kappa shape index (κ3) is 3.37. The molecular formula is C10H8BrN3O2. The molecule has 1 rings (SSSR count). The van der Waals surface area contributed by atoms with Crippen molar-refractivity contribution < 1.29 is 9.59 Å². The van der Waals surface area contributed by atoms with Gasteiger partial charge in [-0.1, -0.05) is 12.1 Å². The molecule has 0 saturated carbocycles. The number of benzene rings is 1. The SMILES string of the molecule is N#CCC(=O)NNC(=O)c1ccccc1Br. The molecule has 16 heavy (non-hydrogen) atoms. The van der Waals surface area contributed by atoms with Crippen LogP contribution >= 0.6 is 15.9 Å². The van der Waals surface area contributed by atoms with Gasteiger partial charge in [-0.2, -0.15) is 5.26 Å². The highest BCUT2D eigenvalue weighted by Crippen LogP contribution is 2.14. The van der Waals surface area contributed by atoms with E-state index in [1.54, 1.807) is 30.3 Å². The minimum atomic E-state index is -0.553. The van der Waals surface area contributed by atoms with Crippen molar-refractivity contribution in [3.63, 3.8) is 0 Å². The number of halogens is 1. The Morgan fingerprint density at radius 2 is 2.00 bits per heavy atom. The van der Waals surface area contributed by atoms with Gasteiger partial charge in [-0.15, -0.1) is 0 Å². The molecule has 0 saturated heterocycles. The van der Waals surface area contributed by atoms with Crippen LogP contribution in [0.3, 0.4) is 0 Å². The average Bonchev–Trinajstić information content (AvgIpc) is 2.27. The second kappa shape index (κ2) is 5.88. The van der Waals surface area contributed by atoms with Gasteiger partial charge >= 0.3 is 0 Å². The third-order valence-electron chi connectivity index (χ3n) is 1.67. The smallest absolute Gasteiger partial charge is 0.270 e. The number of hydrogen-bond acceptors (Lipinski definition) is 3. The lowest BCUT2D eigenvalue weighted by atomic mass is 10.2. The first kappa shape index (κ1) is 12.2. The van der Waals surface area contributed by atoms with Crippen molar-refractivity contribution in [2.45, 2.75) is 6.42 Å². The van der Waals surface area contributed by atoms with Crippen LogP contribution in [0.5, 0.6) is 0 Å². The summed E-state index contributed by atoms with van der Waals surface area (Å²) in [6.07, 6.45) is -0.295. The van der Waals surface area contributed by atoms with Gasteiger partial charge < -0.3 is 0 Å². The van der Waals surface area contributed by atoms with E-state index in [1.165, 1.54) is 0 Å². The lowest BCUT2D eigenvalue weighted by Crippen LogP contribution is -2.41. The Balaban J connectivity index is 2.58. The summed E-state index contributed by atoms with van der Waals surface area (Å²) in [5.74, 6) is -0.998. The number of nitriles is 1. The molecule has 0 aromatic heterocycles. The number of amides is 2. The number of nitrogens with zero attached hydrogens (tertiary/aromatic N) is 1.